The van der Waals surface area contributed by atoms with Crippen molar-refractivity contribution in [2.75, 3.05) is 26.2 Å². The lowest BCUT2D eigenvalue weighted by molar-refractivity contribution is -0.385. The van der Waals surface area contributed by atoms with E-state index in [4.69, 9.17) is 0 Å². The van der Waals surface area contributed by atoms with Crippen molar-refractivity contribution in [1.29, 1.82) is 0 Å². The fourth-order valence-corrected chi connectivity index (χ4v) is 2.80. The number of unbranched alkanes of at least 4 members (excludes halogenated alkanes) is 1. The predicted octanol–water partition coefficient (Wildman–Crippen LogP) is 2.73. The van der Waals surface area contributed by atoms with E-state index < -0.39 is 0 Å². The number of nitrogens with zero attached hydrogens (tertiary/aromatic N) is 2. The molecule has 0 amide bonds. The van der Waals surface area contributed by atoms with Crippen molar-refractivity contribution in [1.82, 2.24) is 10.2 Å². The first-order chi connectivity index (χ1) is 9.72. The quantitative estimate of drug-likeness (QED) is 0.641. The van der Waals surface area contributed by atoms with Gasteiger partial charge >= 0.3 is 0 Å². The highest BCUT2D eigenvalue weighted by molar-refractivity contribution is 5.35. The number of rotatable bonds is 6. The van der Waals surface area contributed by atoms with Gasteiger partial charge in [-0.05, 0) is 12.0 Å². The molecular weight excluding hydrogens is 254 g/mol. The number of nitro groups is 1. The second-order valence-electron chi connectivity index (χ2n) is 5.30. The minimum atomic E-state index is -0.307. The summed E-state index contributed by atoms with van der Waals surface area (Å²) in [5.41, 5.74) is 1.27. The van der Waals surface area contributed by atoms with Crippen LogP contribution in [0.25, 0.3) is 0 Å². The van der Waals surface area contributed by atoms with Crippen molar-refractivity contribution in [2.45, 2.75) is 32.2 Å². The highest BCUT2D eigenvalue weighted by atomic mass is 16.6. The van der Waals surface area contributed by atoms with Gasteiger partial charge in [-0.25, -0.2) is 0 Å². The average Bonchev–Trinajstić information content (AvgIpc) is 2.49. The molecule has 1 atom stereocenters. The lowest BCUT2D eigenvalue weighted by atomic mass is 9.98. The summed E-state index contributed by atoms with van der Waals surface area (Å²) < 4.78 is 0. The highest BCUT2D eigenvalue weighted by Crippen LogP contribution is 2.29. The first kappa shape index (κ1) is 14.9. The first-order valence-electron chi connectivity index (χ1n) is 7.41. The molecule has 2 rings (SSSR count). The molecule has 1 N–H and O–H groups in total. The maximum atomic E-state index is 10.9. The van der Waals surface area contributed by atoms with Crippen LogP contribution in [0.3, 0.4) is 0 Å². The van der Waals surface area contributed by atoms with Crippen molar-refractivity contribution in [3.63, 3.8) is 0 Å². The van der Waals surface area contributed by atoms with Gasteiger partial charge in [-0.1, -0.05) is 31.9 Å². The van der Waals surface area contributed by atoms with Crippen LogP contribution in [0.1, 0.15) is 37.8 Å². The minimum Gasteiger partial charge on any atom is -0.314 e. The molecule has 1 aromatic carbocycles. The van der Waals surface area contributed by atoms with Crippen LogP contribution < -0.4 is 5.32 Å². The van der Waals surface area contributed by atoms with E-state index in [2.05, 4.69) is 17.1 Å². The standard InChI is InChI=1S/C15H23N3O2/c1-2-3-7-15(17-10-8-16-9-11-17)13-5-4-6-14(12-13)18(19)20/h4-6,12,15-16H,2-3,7-11H2,1H3/t15-/m1/s1. The van der Waals surface area contributed by atoms with E-state index >= 15 is 0 Å². The van der Waals surface area contributed by atoms with Crippen LogP contribution in [0.5, 0.6) is 0 Å². The van der Waals surface area contributed by atoms with Crippen molar-refractivity contribution in [2.24, 2.45) is 0 Å². The summed E-state index contributed by atoms with van der Waals surface area (Å²) >= 11 is 0. The van der Waals surface area contributed by atoms with Gasteiger partial charge in [0.25, 0.3) is 5.69 Å². The average molecular weight is 277 g/mol. The Morgan fingerprint density at radius 1 is 1.40 bits per heavy atom. The maximum Gasteiger partial charge on any atom is 0.269 e. The van der Waals surface area contributed by atoms with Gasteiger partial charge in [0.05, 0.1) is 4.92 Å². The van der Waals surface area contributed by atoms with Gasteiger partial charge in [-0.3, -0.25) is 15.0 Å². The topological polar surface area (TPSA) is 58.4 Å². The molecule has 1 aliphatic heterocycles. The van der Waals surface area contributed by atoms with Crippen molar-refractivity contribution in [3.8, 4) is 0 Å². The van der Waals surface area contributed by atoms with E-state index in [9.17, 15) is 10.1 Å². The normalized spacial score (nSPS) is 17.9. The number of hydrogen-bond acceptors (Lipinski definition) is 4. The summed E-state index contributed by atoms with van der Waals surface area (Å²) in [6, 6.07) is 7.43. The number of nitro benzene ring substituents is 1. The van der Waals surface area contributed by atoms with E-state index in [1.165, 1.54) is 0 Å². The van der Waals surface area contributed by atoms with Crippen molar-refractivity contribution < 1.29 is 4.92 Å². The summed E-state index contributed by atoms with van der Waals surface area (Å²) in [7, 11) is 0. The first-order valence-corrected chi connectivity index (χ1v) is 7.41. The summed E-state index contributed by atoms with van der Waals surface area (Å²) in [6.07, 6.45) is 3.37. The Bertz CT molecular complexity index is 444. The molecule has 20 heavy (non-hydrogen) atoms. The molecule has 1 fully saturated rings. The number of benzene rings is 1. The number of piperazine rings is 1. The Morgan fingerprint density at radius 3 is 2.80 bits per heavy atom. The van der Waals surface area contributed by atoms with Crippen LogP contribution in [-0.2, 0) is 0 Å². The van der Waals surface area contributed by atoms with Gasteiger partial charge in [0, 0.05) is 44.4 Å². The number of nitrogens with one attached hydrogen (secondary N) is 1. The van der Waals surface area contributed by atoms with E-state index in [-0.39, 0.29) is 10.6 Å². The largest absolute Gasteiger partial charge is 0.314 e. The fraction of sp³-hybridized carbons (Fsp3) is 0.600. The second kappa shape index (κ2) is 7.36. The van der Waals surface area contributed by atoms with Crippen LogP contribution >= 0.6 is 0 Å². The van der Waals surface area contributed by atoms with Crippen LogP contribution in [0.4, 0.5) is 5.69 Å². The number of non-ortho nitro benzene ring substituents is 1. The molecule has 1 aromatic rings. The maximum absolute atomic E-state index is 10.9. The molecule has 1 heterocycles. The van der Waals surface area contributed by atoms with E-state index in [0.29, 0.717) is 6.04 Å². The molecule has 0 saturated carbocycles. The third kappa shape index (κ3) is 3.77. The van der Waals surface area contributed by atoms with Gasteiger partial charge in [-0.15, -0.1) is 0 Å². The molecule has 1 saturated heterocycles. The molecule has 110 valence electrons. The minimum absolute atomic E-state index is 0.194. The van der Waals surface area contributed by atoms with Gasteiger partial charge in [0.15, 0.2) is 0 Å². The molecule has 0 unspecified atom stereocenters. The Kier molecular flexibility index (Phi) is 5.49. The Balaban J connectivity index is 2.20. The molecule has 5 nitrogen and oxygen atoms in total. The van der Waals surface area contributed by atoms with Gasteiger partial charge in [0.2, 0.25) is 0 Å². The van der Waals surface area contributed by atoms with Gasteiger partial charge < -0.3 is 5.32 Å². The number of hydrogen-bond donors (Lipinski definition) is 1. The van der Waals surface area contributed by atoms with Crippen LogP contribution in [0.15, 0.2) is 24.3 Å². The van der Waals surface area contributed by atoms with E-state index in [1.807, 2.05) is 6.07 Å². The zero-order chi connectivity index (χ0) is 14.4. The predicted molar refractivity (Wildman–Crippen MR) is 79.8 cm³/mol. The van der Waals surface area contributed by atoms with Crippen molar-refractivity contribution >= 4 is 5.69 Å². The summed E-state index contributed by atoms with van der Waals surface area (Å²) in [5.74, 6) is 0. The lowest BCUT2D eigenvalue weighted by Crippen LogP contribution is -2.45. The monoisotopic (exact) mass is 277 g/mol. The van der Waals surface area contributed by atoms with Crippen LogP contribution in [-0.4, -0.2) is 36.0 Å². The molecule has 0 spiro atoms. The Labute approximate surface area is 120 Å². The van der Waals surface area contributed by atoms with Crippen LogP contribution in [0.2, 0.25) is 0 Å². The SMILES string of the molecule is CCCC[C@H](c1cccc([N+](=O)[O-])c1)N1CCNCC1. The Morgan fingerprint density at radius 2 is 2.15 bits per heavy atom. The van der Waals surface area contributed by atoms with Gasteiger partial charge in [-0.2, -0.15) is 0 Å². The molecule has 0 aromatic heterocycles. The molecule has 5 heteroatoms. The molecule has 0 radical (unpaired) electrons. The zero-order valence-corrected chi connectivity index (χ0v) is 12.0. The summed E-state index contributed by atoms with van der Waals surface area (Å²) in [4.78, 5) is 13.1. The highest BCUT2D eigenvalue weighted by Gasteiger charge is 2.22. The molecule has 1 aliphatic rings. The third-order valence-electron chi connectivity index (χ3n) is 3.89. The van der Waals surface area contributed by atoms with Crippen LogP contribution in [0, 0.1) is 10.1 Å². The lowest BCUT2D eigenvalue weighted by Gasteiger charge is -2.35. The summed E-state index contributed by atoms with van der Waals surface area (Å²) in [6.45, 7) is 6.20. The van der Waals surface area contributed by atoms with Gasteiger partial charge in [0.1, 0.15) is 0 Å². The van der Waals surface area contributed by atoms with Crippen molar-refractivity contribution in [3.05, 3.63) is 39.9 Å². The molecule has 0 aliphatic carbocycles. The van der Waals surface area contributed by atoms with E-state index in [1.54, 1.807) is 18.2 Å². The fourth-order valence-electron chi connectivity index (χ4n) is 2.80. The second-order valence-corrected chi connectivity index (χ2v) is 5.30. The summed E-state index contributed by atoms with van der Waals surface area (Å²) in [5, 5.41) is 14.3. The van der Waals surface area contributed by atoms with E-state index in [0.717, 1.165) is 51.0 Å². The zero-order valence-electron chi connectivity index (χ0n) is 12.0. The third-order valence-corrected chi connectivity index (χ3v) is 3.89. The Hall–Kier alpha value is -1.46. The smallest absolute Gasteiger partial charge is 0.269 e. The molecular formula is C15H23N3O2. The molecule has 0 bridgehead atoms.